The van der Waals surface area contributed by atoms with Crippen molar-refractivity contribution in [3.05, 3.63) is 95.6 Å². The second-order valence-corrected chi connectivity index (χ2v) is 5.50. The van der Waals surface area contributed by atoms with Crippen molar-refractivity contribution in [2.75, 3.05) is 0 Å². The first-order valence-electron chi connectivity index (χ1n) is 7.95. The van der Waals surface area contributed by atoms with Gasteiger partial charge in [0.25, 0.3) is 0 Å². The molecule has 130 valence electrons. The van der Waals surface area contributed by atoms with Crippen LogP contribution < -0.4 is 4.74 Å². The minimum absolute atomic E-state index is 0.0583. The smallest absolute Gasteiger partial charge is 0.343 e. The zero-order valence-corrected chi connectivity index (χ0v) is 13.8. The first kappa shape index (κ1) is 17.2. The summed E-state index contributed by atoms with van der Waals surface area (Å²) in [6, 6.07) is 21.5. The Morgan fingerprint density at radius 2 is 1.46 bits per heavy atom. The van der Waals surface area contributed by atoms with Crippen molar-refractivity contribution in [3.8, 4) is 11.5 Å². The van der Waals surface area contributed by atoms with Crippen LogP contribution in [0.15, 0.2) is 78.9 Å². The van der Waals surface area contributed by atoms with Crippen molar-refractivity contribution in [3.63, 3.8) is 0 Å². The molecule has 3 rings (SSSR count). The van der Waals surface area contributed by atoms with E-state index in [9.17, 15) is 14.7 Å². The van der Waals surface area contributed by atoms with Crippen LogP contribution in [0.2, 0.25) is 0 Å². The summed E-state index contributed by atoms with van der Waals surface area (Å²) < 4.78 is 10.6. The molecule has 3 aromatic rings. The number of hydrogen-bond donors (Lipinski definition) is 1. The fourth-order valence-corrected chi connectivity index (χ4v) is 2.30. The maximum absolute atomic E-state index is 12.4. The highest BCUT2D eigenvalue weighted by Gasteiger charge is 2.18. The number of esters is 2. The van der Waals surface area contributed by atoms with Gasteiger partial charge in [-0.25, -0.2) is 9.59 Å². The maximum atomic E-state index is 12.4. The fraction of sp³-hybridized carbons (Fsp3) is 0.0476. The van der Waals surface area contributed by atoms with Crippen molar-refractivity contribution >= 4 is 11.9 Å². The molecule has 26 heavy (non-hydrogen) atoms. The van der Waals surface area contributed by atoms with E-state index < -0.39 is 11.9 Å². The summed E-state index contributed by atoms with van der Waals surface area (Å²) in [6.07, 6.45) is 0. The molecule has 5 nitrogen and oxygen atoms in total. The van der Waals surface area contributed by atoms with Gasteiger partial charge in [-0.3, -0.25) is 0 Å². The van der Waals surface area contributed by atoms with Gasteiger partial charge in [-0.2, -0.15) is 0 Å². The van der Waals surface area contributed by atoms with Crippen LogP contribution in [0.5, 0.6) is 11.5 Å². The molecule has 1 N–H and O–H groups in total. The SMILES string of the molecule is O=C(Oc1cc(O)ccc1C(=O)OCc1ccccc1)c1ccccc1. The Kier molecular flexibility index (Phi) is 5.29. The Morgan fingerprint density at radius 1 is 0.808 bits per heavy atom. The average Bonchev–Trinajstić information content (AvgIpc) is 2.68. The van der Waals surface area contributed by atoms with E-state index in [1.807, 2.05) is 30.3 Å². The summed E-state index contributed by atoms with van der Waals surface area (Å²) in [6.45, 7) is 0.0899. The van der Waals surface area contributed by atoms with E-state index in [1.165, 1.54) is 18.2 Å². The highest BCUT2D eigenvalue weighted by molar-refractivity contribution is 5.96. The van der Waals surface area contributed by atoms with Crippen LogP contribution in [-0.4, -0.2) is 17.0 Å². The highest BCUT2D eigenvalue weighted by Crippen LogP contribution is 2.26. The zero-order chi connectivity index (χ0) is 18.4. The van der Waals surface area contributed by atoms with Crippen molar-refractivity contribution in [1.82, 2.24) is 0 Å². The Balaban J connectivity index is 1.77. The molecule has 0 fully saturated rings. The van der Waals surface area contributed by atoms with Gasteiger partial charge in [-0.05, 0) is 29.8 Å². The topological polar surface area (TPSA) is 72.8 Å². The second kappa shape index (κ2) is 7.98. The number of rotatable bonds is 5. The first-order valence-corrected chi connectivity index (χ1v) is 7.95. The largest absolute Gasteiger partial charge is 0.508 e. The van der Waals surface area contributed by atoms with Crippen LogP contribution in [0.25, 0.3) is 0 Å². The van der Waals surface area contributed by atoms with Crippen LogP contribution in [-0.2, 0) is 11.3 Å². The minimum Gasteiger partial charge on any atom is -0.508 e. The summed E-state index contributed by atoms with van der Waals surface area (Å²) in [5, 5.41) is 9.67. The number of hydrogen-bond acceptors (Lipinski definition) is 5. The molecule has 0 saturated carbocycles. The quantitative estimate of drug-likeness (QED) is 0.558. The van der Waals surface area contributed by atoms with Crippen LogP contribution in [0.3, 0.4) is 0 Å². The molecule has 5 heteroatoms. The number of ether oxygens (including phenoxy) is 2. The number of aromatic hydroxyl groups is 1. The van der Waals surface area contributed by atoms with E-state index in [2.05, 4.69) is 0 Å². The lowest BCUT2D eigenvalue weighted by atomic mass is 10.2. The summed E-state index contributed by atoms with van der Waals surface area (Å²) in [5.74, 6) is -1.46. The Morgan fingerprint density at radius 3 is 2.15 bits per heavy atom. The second-order valence-electron chi connectivity index (χ2n) is 5.50. The normalized spacial score (nSPS) is 10.2. The maximum Gasteiger partial charge on any atom is 0.343 e. The summed E-state index contributed by atoms with van der Waals surface area (Å²) >= 11 is 0. The number of phenols is 1. The van der Waals surface area contributed by atoms with Gasteiger partial charge >= 0.3 is 11.9 Å². The predicted octanol–water partition coefficient (Wildman–Crippen LogP) is 3.97. The van der Waals surface area contributed by atoms with Gasteiger partial charge in [0.15, 0.2) is 0 Å². The van der Waals surface area contributed by atoms with Gasteiger partial charge in [-0.15, -0.1) is 0 Å². The van der Waals surface area contributed by atoms with Crippen molar-refractivity contribution in [1.29, 1.82) is 0 Å². The van der Waals surface area contributed by atoms with Gasteiger partial charge in [-0.1, -0.05) is 48.5 Å². The molecule has 0 radical (unpaired) electrons. The van der Waals surface area contributed by atoms with Crippen LogP contribution in [0.1, 0.15) is 26.3 Å². The molecule has 0 saturated heterocycles. The van der Waals surface area contributed by atoms with Crippen LogP contribution in [0, 0.1) is 0 Å². The van der Waals surface area contributed by atoms with Gasteiger partial charge < -0.3 is 14.6 Å². The Bertz CT molecular complexity index is 904. The molecule has 0 aliphatic rings. The van der Waals surface area contributed by atoms with Crippen molar-refractivity contribution in [2.24, 2.45) is 0 Å². The summed E-state index contributed by atoms with van der Waals surface area (Å²) in [5.41, 5.74) is 1.23. The van der Waals surface area contributed by atoms with E-state index >= 15 is 0 Å². The monoisotopic (exact) mass is 348 g/mol. The molecule has 0 unspecified atom stereocenters. The van der Waals surface area contributed by atoms with Crippen molar-refractivity contribution < 1.29 is 24.2 Å². The van der Waals surface area contributed by atoms with Crippen LogP contribution in [0.4, 0.5) is 0 Å². The van der Waals surface area contributed by atoms with Gasteiger partial charge in [0.2, 0.25) is 0 Å². The lowest BCUT2D eigenvalue weighted by molar-refractivity contribution is 0.0467. The summed E-state index contributed by atoms with van der Waals surface area (Å²) in [7, 11) is 0. The van der Waals surface area contributed by atoms with Gasteiger partial charge in [0, 0.05) is 6.07 Å². The molecule has 0 spiro atoms. The third-order valence-corrected chi connectivity index (χ3v) is 3.61. The highest BCUT2D eigenvalue weighted by atomic mass is 16.5. The number of phenolic OH excluding ortho intramolecular Hbond substituents is 1. The van der Waals surface area contributed by atoms with Gasteiger partial charge in [0.1, 0.15) is 23.7 Å². The fourth-order valence-electron chi connectivity index (χ4n) is 2.30. The molecule has 0 aliphatic heterocycles. The van der Waals surface area contributed by atoms with Gasteiger partial charge in [0.05, 0.1) is 5.56 Å². The van der Waals surface area contributed by atoms with E-state index in [1.54, 1.807) is 30.3 Å². The average molecular weight is 348 g/mol. The van der Waals surface area contributed by atoms with E-state index in [0.717, 1.165) is 5.56 Å². The lowest BCUT2D eigenvalue weighted by Crippen LogP contribution is -2.13. The third kappa shape index (κ3) is 4.27. The molecular weight excluding hydrogens is 332 g/mol. The molecule has 0 bridgehead atoms. The van der Waals surface area contributed by atoms with E-state index in [0.29, 0.717) is 5.56 Å². The molecule has 0 heterocycles. The Hall–Kier alpha value is -3.60. The number of carbonyl (C=O) groups is 2. The van der Waals surface area contributed by atoms with E-state index in [4.69, 9.17) is 9.47 Å². The molecular formula is C21H16O5. The van der Waals surface area contributed by atoms with E-state index in [-0.39, 0.29) is 23.7 Å². The molecule has 3 aromatic carbocycles. The molecule has 0 aliphatic carbocycles. The molecule has 0 amide bonds. The first-order chi connectivity index (χ1) is 12.6. The zero-order valence-electron chi connectivity index (χ0n) is 13.8. The third-order valence-electron chi connectivity index (χ3n) is 3.61. The predicted molar refractivity (Wildman–Crippen MR) is 95.1 cm³/mol. The molecule has 0 atom stereocenters. The minimum atomic E-state index is -0.648. The summed E-state index contributed by atoms with van der Waals surface area (Å²) in [4.78, 5) is 24.6. The standard InChI is InChI=1S/C21H16O5/c22-17-11-12-18(21(24)25-14-15-7-3-1-4-8-15)19(13-17)26-20(23)16-9-5-2-6-10-16/h1-13,22H,14H2. The lowest BCUT2D eigenvalue weighted by Gasteiger charge is -2.11. The molecule has 0 aromatic heterocycles. The number of carbonyl (C=O) groups excluding carboxylic acids is 2. The van der Waals surface area contributed by atoms with Crippen LogP contribution >= 0.6 is 0 Å². The van der Waals surface area contributed by atoms with Crippen molar-refractivity contribution in [2.45, 2.75) is 6.61 Å². The number of benzene rings is 3. The Labute approximate surface area is 150 Å².